The Morgan fingerprint density at radius 2 is 1.73 bits per heavy atom. The minimum Gasteiger partial charge on any atom is -0.492 e. The van der Waals surface area contributed by atoms with E-state index in [4.69, 9.17) is 4.74 Å². The molecule has 0 saturated carbocycles. The summed E-state index contributed by atoms with van der Waals surface area (Å²) in [4.78, 5) is 52.4. The molecule has 0 radical (unpaired) electrons. The Kier molecular flexibility index (Phi) is 4.40. The molecule has 0 aromatic heterocycles. The summed E-state index contributed by atoms with van der Waals surface area (Å²) in [5.74, 6) is -2.45. The Labute approximate surface area is 124 Å². The summed E-state index contributed by atoms with van der Waals surface area (Å²) < 4.78 is 5.37. The Morgan fingerprint density at radius 1 is 1.14 bits per heavy atom. The van der Waals surface area contributed by atoms with Gasteiger partial charge in [0.15, 0.2) is 0 Å². The number of anilines is 1. The predicted octanol–water partition coefficient (Wildman–Crippen LogP) is -0.691. The van der Waals surface area contributed by atoms with Crippen molar-refractivity contribution >= 4 is 29.2 Å². The first kappa shape index (κ1) is 15.5. The second-order valence-corrected chi connectivity index (χ2v) is 4.53. The van der Waals surface area contributed by atoms with Crippen LogP contribution in [0.4, 0.5) is 5.69 Å². The number of rotatable bonds is 5. The fourth-order valence-corrected chi connectivity index (χ4v) is 1.84. The van der Waals surface area contributed by atoms with Gasteiger partial charge in [-0.05, 0) is 19.9 Å². The lowest BCUT2D eigenvalue weighted by Crippen LogP contribution is -2.35. The molecule has 0 bridgehead atoms. The molecule has 0 saturated heterocycles. The van der Waals surface area contributed by atoms with Gasteiger partial charge in [0.05, 0.1) is 29.4 Å². The quantitative estimate of drug-likeness (QED) is 0.571. The maximum absolute atomic E-state index is 11.7. The topological polar surface area (TPSA) is 114 Å². The van der Waals surface area contributed by atoms with E-state index in [-0.39, 0.29) is 34.4 Å². The van der Waals surface area contributed by atoms with Crippen LogP contribution >= 0.6 is 0 Å². The van der Waals surface area contributed by atoms with Crippen LogP contribution in [-0.4, -0.2) is 30.1 Å². The molecule has 8 nitrogen and oxygen atoms in total. The zero-order valence-electron chi connectivity index (χ0n) is 12.0. The average Bonchev–Trinajstić information content (AvgIpc) is 2.41. The molecule has 0 unspecified atom stereocenters. The van der Waals surface area contributed by atoms with Crippen molar-refractivity contribution in [3.8, 4) is 5.75 Å². The number of hydrogen-bond donors (Lipinski definition) is 1. The van der Waals surface area contributed by atoms with Crippen molar-refractivity contribution in [3.05, 3.63) is 22.8 Å². The molecule has 0 atom stereocenters. The molecule has 114 valence electrons. The third-order valence-corrected chi connectivity index (χ3v) is 2.69. The summed E-state index contributed by atoms with van der Waals surface area (Å²) in [7, 11) is 0. The lowest BCUT2D eigenvalue weighted by Gasteiger charge is -2.11. The first-order chi connectivity index (χ1) is 10.4. The van der Waals surface area contributed by atoms with Crippen LogP contribution in [0.15, 0.2) is 22.1 Å². The molecule has 1 aromatic rings. The minimum absolute atomic E-state index is 0.158. The smallest absolute Gasteiger partial charge is 0.338 e. The molecule has 1 aliphatic heterocycles. The van der Waals surface area contributed by atoms with E-state index in [0.29, 0.717) is 6.61 Å². The molecule has 0 aliphatic carbocycles. The van der Waals surface area contributed by atoms with Crippen molar-refractivity contribution in [2.24, 2.45) is 9.98 Å². The van der Waals surface area contributed by atoms with Gasteiger partial charge in [-0.1, -0.05) is 0 Å². The van der Waals surface area contributed by atoms with E-state index in [2.05, 4.69) is 15.3 Å². The second-order valence-electron chi connectivity index (χ2n) is 4.53. The number of ketones is 1. The third kappa shape index (κ3) is 3.40. The molecule has 3 amide bonds. The number of fused-ring (bicyclic) bond motifs is 1. The van der Waals surface area contributed by atoms with Crippen molar-refractivity contribution in [1.29, 1.82) is 0 Å². The first-order valence-corrected chi connectivity index (χ1v) is 6.52. The van der Waals surface area contributed by atoms with E-state index in [9.17, 15) is 19.2 Å². The Bertz CT molecular complexity index is 797. The molecule has 1 N–H and O–H groups in total. The van der Waals surface area contributed by atoms with Gasteiger partial charge in [0.1, 0.15) is 11.5 Å². The average molecular weight is 303 g/mol. The second kappa shape index (κ2) is 6.25. The zero-order valence-corrected chi connectivity index (χ0v) is 12.0. The van der Waals surface area contributed by atoms with Crippen LogP contribution < -0.4 is 20.8 Å². The van der Waals surface area contributed by atoms with Crippen LogP contribution in [0, 0.1) is 0 Å². The van der Waals surface area contributed by atoms with Crippen molar-refractivity contribution in [3.63, 3.8) is 0 Å². The van der Waals surface area contributed by atoms with E-state index in [0.717, 1.165) is 0 Å². The van der Waals surface area contributed by atoms with Gasteiger partial charge in [-0.2, -0.15) is 0 Å². The number of ether oxygens (including phenoxy) is 1. The summed E-state index contributed by atoms with van der Waals surface area (Å²) in [6.07, 6.45) is -0.276. The maximum Gasteiger partial charge on any atom is 0.338 e. The third-order valence-electron chi connectivity index (χ3n) is 2.69. The van der Waals surface area contributed by atoms with Gasteiger partial charge in [0.2, 0.25) is 5.91 Å². The van der Waals surface area contributed by atoms with E-state index in [1.54, 1.807) is 6.92 Å². The molecule has 1 aliphatic rings. The van der Waals surface area contributed by atoms with Crippen LogP contribution in [0.1, 0.15) is 20.3 Å². The highest BCUT2D eigenvalue weighted by molar-refractivity contribution is 6.36. The summed E-state index contributed by atoms with van der Waals surface area (Å²) in [5.41, 5.74) is 0.257. The minimum atomic E-state index is -0.974. The number of Topliss-reactive ketones (excluding diaryl/α,β-unsaturated/α-hetero) is 1. The molecular formula is C14H13N3O5. The van der Waals surface area contributed by atoms with E-state index in [1.807, 2.05) is 0 Å². The van der Waals surface area contributed by atoms with Gasteiger partial charge in [-0.25, -0.2) is 9.98 Å². The van der Waals surface area contributed by atoms with Gasteiger partial charge in [-0.15, -0.1) is 0 Å². The van der Waals surface area contributed by atoms with Crippen molar-refractivity contribution < 1.29 is 23.9 Å². The normalized spacial score (nSPS) is 12.8. The van der Waals surface area contributed by atoms with Crippen LogP contribution in [0.25, 0.3) is 0 Å². The van der Waals surface area contributed by atoms with E-state index in [1.165, 1.54) is 19.1 Å². The molecule has 2 rings (SSSR count). The fraction of sp³-hybridized carbons (Fsp3) is 0.286. The van der Waals surface area contributed by atoms with Gasteiger partial charge < -0.3 is 10.1 Å². The first-order valence-electron chi connectivity index (χ1n) is 6.52. The lowest BCUT2D eigenvalue weighted by atomic mass is 10.2. The number of benzene rings is 1. The lowest BCUT2D eigenvalue weighted by molar-refractivity contribution is -0.135. The highest BCUT2D eigenvalue weighted by Crippen LogP contribution is 2.21. The summed E-state index contributed by atoms with van der Waals surface area (Å²) >= 11 is 0. The monoisotopic (exact) mass is 303 g/mol. The van der Waals surface area contributed by atoms with Crippen LogP contribution in [0.2, 0.25) is 0 Å². The number of nitrogens with zero attached hydrogens (tertiary/aromatic N) is 2. The molecule has 22 heavy (non-hydrogen) atoms. The largest absolute Gasteiger partial charge is 0.492 e. The fourth-order valence-electron chi connectivity index (χ4n) is 1.84. The van der Waals surface area contributed by atoms with Crippen LogP contribution in [0.5, 0.6) is 5.75 Å². The Morgan fingerprint density at radius 3 is 2.27 bits per heavy atom. The number of nitrogens with one attached hydrogen (secondary N) is 1. The summed E-state index contributed by atoms with van der Waals surface area (Å²) in [6.45, 7) is 3.36. The Balaban J connectivity index is 2.47. The van der Waals surface area contributed by atoms with Crippen LogP contribution in [0.3, 0.4) is 0 Å². The van der Waals surface area contributed by atoms with Gasteiger partial charge in [-0.3, -0.25) is 19.2 Å². The highest BCUT2D eigenvalue weighted by atomic mass is 16.5. The Hall–Kier alpha value is -2.90. The summed E-state index contributed by atoms with van der Waals surface area (Å²) in [5, 5.41) is 2.87. The number of carbonyl (C=O) groups is 4. The number of hydrogen-bond acceptors (Lipinski definition) is 5. The molecule has 8 heteroatoms. The van der Waals surface area contributed by atoms with Gasteiger partial charge in [0, 0.05) is 6.07 Å². The van der Waals surface area contributed by atoms with Crippen molar-refractivity contribution in [2.45, 2.75) is 20.3 Å². The van der Waals surface area contributed by atoms with Crippen molar-refractivity contribution in [2.75, 3.05) is 11.9 Å². The highest BCUT2D eigenvalue weighted by Gasteiger charge is 2.18. The van der Waals surface area contributed by atoms with E-state index >= 15 is 0 Å². The molecular weight excluding hydrogens is 290 g/mol. The van der Waals surface area contributed by atoms with Crippen molar-refractivity contribution in [1.82, 2.24) is 0 Å². The van der Waals surface area contributed by atoms with Gasteiger partial charge in [0.25, 0.3) is 0 Å². The standard InChI is InChI=1S/C14H13N3O5/c1-3-22-11-6-9-8(16-13(20)14(21)17-9)5-10(11)15-12(19)4-7(2)18/h5-6H,3-4H2,1-2H3,(H,15,19). The molecule has 0 fully saturated rings. The SMILES string of the molecule is CCOc1cc2c(cc1NC(=O)CC(C)=O)=NC(=O)C(=O)N=2. The zero-order chi connectivity index (χ0) is 16.3. The maximum atomic E-state index is 11.7. The van der Waals surface area contributed by atoms with E-state index < -0.39 is 17.7 Å². The molecule has 0 spiro atoms. The molecule has 1 heterocycles. The predicted molar refractivity (Wildman–Crippen MR) is 73.9 cm³/mol. The molecule has 1 aromatic carbocycles. The number of amides is 3. The number of carbonyl (C=O) groups excluding carboxylic acids is 4. The summed E-state index contributed by atoms with van der Waals surface area (Å²) in [6, 6.07) is 2.79. The van der Waals surface area contributed by atoms with Gasteiger partial charge >= 0.3 is 11.8 Å². The van der Waals surface area contributed by atoms with Crippen LogP contribution in [-0.2, 0) is 19.2 Å².